The van der Waals surface area contributed by atoms with E-state index in [0.29, 0.717) is 31.7 Å². The summed E-state index contributed by atoms with van der Waals surface area (Å²) in [7, 11) is 0. The van der Waals surface area contributed by atoms with Crippen molar-refractivity contribution in [3.05, 3.63) is 90.1 Å². The van der Waals surface area contributed by atoms with Gasteiger partial charge in [-0.1, -0.05) is 42.5 Å². The number of hydrogen-bond donors (Lipinski definition) is 0. The molecule has 1 aliphatic heterocycles. The van der Waals surface area contributed by atoms with E-state index in [-0.39, 0.29) is 11.8 Å². The Kier molecular flexibility index (Phi) is 6.05. The maximum atomic E-state index is 13.2. The molecule has 5 nitrogen and oxygen atoms in total. The molecule has 0 saturated carbocycles. The van der Waals surface area contributed by atoms with Crippen LogP contribution in [-0.2, 0) is 11.2 Å². The number of piperazine rings is 1. The molecule has 1 atom stereocenters. The van der Waals surface area contributed by atoms with E-state index in [1.165, 1.54) is 4.88 Å². The van der Waals surface area contributed by atoms with E-state index in [4.69, 9.17) is 0 Å². The second-order valence-electron chi connectivity index (χ2n) is 7.18. The van der Waals surface area contributed by atoms with Crippen molar-refractivity contribution in [3.63, 3.8) is 0 Å². The third kappa shape index (κ3) is 4.19. The van der Waals surface area contributed by atoms with Crippen LogP contribution in [0.4, 0.5) is 0 Å². The highest BCUT2D eigenvalue weighted by Crippen LogP contribution is 2.26. The quantitative estimate of drug-likeness (QED) is 0.572. The zero-order valence-corrected chi connectivity index (χ0v) is 17.4. The van der Waals surface area contributed by atoms with Crippen molar-refractivity contribution in [2.24, 2.45) is 0 Å². The van der Waals surface area contributed by atoms with Crippen LogP contribution in [0, 0.1) is 0 Å². The number of thiophene rings is 1. The molecule has 0 aliphatic carbocycles. The van der Waals surface area contributed by atoms with Gasteiger partial charge in [-0.2, -0.15) is 0 Å². The summed E-state index contributed by atoms with van der Waals surface area (Å²) in [6.45, 7) is 5.21. The largest absolute Gasteiger partial charge is 0.335 e. The summed E-state index contributed by atoms with van der Waals surface area (Å²) in [5, 5.41) is 2.05. The third-order valence-electron chi connectivity index (χ3n) is 5.27. The number of carbonyl (C=O) groups excluding carboxylic acids is 2. The Balaban J connectivity index is 1.58. The first kappa shape index (κ1) is 20.0. The van der Waals surface area contributed by atoms with Crippen LogP contribution in [0.1, 0.15) is 16.1 Å². The van der Waals surface area contributed by atoms with E-state index in [1.54, 1.807) is 51.6 Å². The van der Waals surface area contributed by atoms with Crippen molar-refractivity contribution >= 4 is 23.2 Å². The molecule has 2 amide bonds. The van der Waals surface area contributed by atoms with Gasteiger partial charge in [0.1, 0.15) is 11.7 Å². The smallest absolute Gasteiger partial charge is 0.273 e. The molecule has 1 aromatic carbocycles. The maximum Gasteiger partial charge on any atom is 0.273 e. The summed E-state index contributed by atoms with van der Waals surface area (Å²) < 4.78 is 0. The minimum atomic E-state index is -0.555. The van der Waals surface area contributed by atoms with E-state index < -0.39 is 6.04 Å². The predicted octanol–water partition coefficient (Wildman–Crippen LogP) is 3.89. The minimum Gasteiger partial charge on any atom is -0.335 e. The number of benzene rings is 1. The second-order valence-corrected chi connectivity index (χ2v) is 8.13. The van der Waals surface area contributed by atoms with Crippen LogP contribution >= 0.6 is 11.3 Å². The molecule has 0 unspecified atom stereocenters. The van der Waals surface area contributed by atoms with Gasteiger partial charge in [-0.15, -0.1) is 17.9 Å². The van der Waals surface area contributed by atoms with Crippen LogP contribution in [-0.4, -0.2) is 52.3 Å². The van der Waals surface area contributed by atoms with E-state index in [1.807, 2.05) is 18.2 Å². The van der Waals surface area contributed by atoms with Crippen LogP contribution in [0.15, 0.2) is 78.8 Å². The molecule has 1 aliphatic rings. The van der Waals surface area contributed by atoms with Gasteiger partial charge in [-0.05, 0) is 34.7 Å². The lowest BCUT2D eigenvalue weighted by molar-refractivity contribution is -0.139. The fraction of sp³-hybridized carbons (Fsp3) is 0.208. The highest BCUT2D eigenvalue weighted by molar-refractivity contribution is 7.13. The summed E-state index contributed by atoms with van der Waals surface area (Å²) in [5.41, 5.74) is 2.53. The number of aromatic nitrogens is 1. The number of carbonyl (C=O) groups is 2. The molecular formula is C24H23N3O2S. The summed E-state index contributed by atoms with van der Waals surface area (Å²) in [6, 6.07) is 17.0. The van der Waals surface area contributed by atoms with Crippen molar-refractivity contribution in [2.45, 2.75) is 12.5 Å². The van der Waals surface area contributed by atoms with Gasteiger partial charge in [-0.25, -0.2) is 0 Å². The van der Waals surface area contributed by atoms with Crippen LogP contribution < -0.4 is 0 Å². The summed E-state index contributed by atoms with van der Waals surface area (Å²) in [4.78, 5) is 35.1. The monoisotopic (exact) mass is 417 g/mol. The number of nitrogens with zero attached hydrogens (tertiary/aromatic N) is 3. The first-order valence-electron chi connectivity index (χ1n) is 9.92. The Labute approximate surface area is 180 Å². The molecular weight excluding hydrogens is 394 g/mol. The van der Waals surface area contributed by atoms with Crippen LogP contribution in [0.5, 0.6) is 0 Å². The van der Waals surface area contributed by atoms with Gasteiger partial charge in [-0.3, -0.25) is 14.6 Å². The summed E-state index contributed by atoms with van der Waals surface area (Å²) >= 11 is 1.70. The highest BCUT2D eigenvalue weighted by Gasteiger charge is 2.37. The van der Waals surface area contributed by atoms with Gasteiger partial charge in [0.25, 0.3) is 5.91 Å². The Morgan fingerprint density at radius 3 is 2.63 bits per heavy atom. The number of pyridine rings is 1. The Morgan fingerprint density at radius 2 is 1.97 bits per heavy atom. The van der Waals surface area contributed by atoms with Crippen LogP contribution in [0.3, 0.4) is 0 Å². The first-order valence-corrected chi connectivity index (χ1v) is 10.8. The molecule has 0 radical (unpaired) electrons. The SMILES string of the molecule is C=CCN1CCN(C(=O)c2ccccn2)[C@H](Cc2ccc(-c3cccs3)cc2)C1=O. The fourth-order valence-electron chi connectivity index (χ4n) is 3.72. The second kappa shape index (κ2) is 9.05. The van der Waals surface area contributed by atoms with Crippen molar-refractivity contribution in [3.8, 4) is 10.4 Å². The first-order chi connectivity index (χ1) is 14.7. The summed E-state index contributed by atoms with van der Waals surface area (Å²) in [6.07, 6.45) is 3.79. The van der Waals surface area contributed by atoms with Crippen LogP contribution in [0.2, 0.25) is 0 Å². The molecule has 30 heavy (non-hydrogen) atoms. The minimum absolute atomic E-state index is 0.0484. The zero-order valence-electron chi connectivity index (χ0n) is 16.6. The lowest BCUT2D eigenvalue weighted by Crippen LogP contribution is -2.59. The fourth-order valence-corrected chi connectivity index (χ4v) is 4.46. The maximum absolute atomic E-state index is 13.2. The van der Waals surface area contributed by atoms with Gasteiger partial charge < -0.3 is 9.80 Å². The number of rotatable bonds is 6. The van der Waals surface area contributed by atoms with Gasteiger partial charge >= 0.3 is 0 Å². The standard InChI is InChI=1S/C24H23N3O2S/c1-2-13-26-14-15-27(23(28)20-6-3-4-12-25-20)21(24(26)29)17-18-8-10-19(11-9-18)22-7-5-16-30-22/h2-12,16,21H,1,13-15,17H2/t21-/m1/s1. The average molecular weight is 418 g/mol. The zero-order chi connectivity index (χ0) is 20.9. The molecule has 1 saturated heterocycles. The Hall–Kier alpha value is -3.25. The molecule has 4 rings (SSSR count). The lowest BCUT2D eigenvalue weighted by Gasteiger charge is -2.40. The lowest BCUT2D eigenvalue weighted by atomic mass is 9.99. The van der Waals surface area contributed by atoms with Gasteiger partial charge in [0.05, 0.1) is 0 Å². The Morgan fingerprint density at radius 1 is 1.13 bits per heavy atom. The number of hydrogen-bond acceptors (Lipinski definition) is 4. The van der Waals surface area contributed by atoms with Crippen molar-refractivity contribution in [1.82, 2.24) is 14.8 Å². The number of amides is 2. The molecule has 1 fully saturated rings. The molecule has 3 aromatic rings. The van der Waals surface area contributed by atoms with E-state index in [9.17, 15) is 9.59 Å². The van der Waals surface area contributed by atoms with Crippen LogP contribution in [0.25, 0.3) is 10.4 Å². The normalized spacial score (nSPS) is 16.5. The topological polar surface area (TPSA) is 53.5 Å². The molecule has 152 valence electrons. The third-order valence-corrected chi connectivity index (χ3v) is 6.19. The molecule has 0 bridgehead atoms. The summed E-state index contributed by atoms with van der Waals surface area (Å²) in [5.74, 6) is -0.254. The van der Waals surface area contributed by atoms with Crippen molar-refractivity contribution in [2.75, 3.05) is 19.6 Å². The van der Waals surface area contributed by atoms with E-state index >= 15 is 0 Å². The Bertz CT molecular complexity index is 1020. The molecule has 2 aromatic heterocycles. The van der Waals surface area contributed by atoms with E-state index in [0.717, 1.165) is 11.1 Å². The highest BCUT2D eigenvalue weighted by atomic mass is 32.1. The molecule has 0 N–H and O–H groups in total. The molecule has 3 heterocycles. The molecule has 6 heteroatoms. The van der Waals surface area contributed by atoms with Gasteiger partial charge in [0.2, 0.25) is 5.91 Å². The van der Waals surface area contributed by atoms with Gasteiger partial charge in [0.15, 0.2) is 0 Å². The van der Waals surface area contributed by atoms with Gasteiger partial charge in [0, 0.05) is 37.1 Å². The van der Waals surface area contributed by atoms with E-state index in [2.05, 4.69) is 35.1 Å². The predicted molar refractivity (Wildman–Crippen MR) is 119 cm³/mol. The van der Waals surface area contributed by atoms with Crippen molar-refractivity contribution in [1.29, 1.82) is 0 Å². The molecule has 0 spiro atoms. The average Bonchev–Trinajstić information content (AvgIpc) is 3.32. The van der Waals surface area contributed by atoms with Crippen molar-refractivity contribution < 1.29 is 9.59 Å².